The standard InChI is InChI=1S/C14H19N3O/c1-5-17-11(4)13(10(3)16-17)12-8-7-9-15-14(12)18-6-2/h7-9H,5-6H2,1-4H3. The summed E-state index contributed by atoms with van der Waals surface area (Å²) in [5.74, 6) is 0.682. The maximum absolute atomic E-state index is 5.60. The van der Waals surface area contributed by atoms with E-state index in [4.69, 9.17) is 4.74 Å². The van der Waals surface area contributed by atoms with Gasteiger partial charge in [0, 0.05) is 29.6 Å². The molecule has 0 N–H and O–H groups in total. The summed E-state index contributed by atoms with van der Waals surface area (Å²) in [6, 6.07) is 3.97. The molecule has 0 unspecified atom stereocenters. The third-order valence-corrected chi connectivity index (χ3v) is 3.00. The Morgan fingerprint density at radius 3 is 2.67 bits per heavy atom. The highest BCUT2D eigenvalue weighted by Gasteiger charge is 2.16. The summed E-state index contributed by atoms with van der Waals surface area (Å²) in [4.78, 5) is 4.30. The van der Waals surface area contributed by atoms with E-state index < -0.39 is 0 Å². The van der Waals surface area contributed by atoms with E-state index in [2.05, 4.69) is 23.9 Å². The molecule has 2 aromatic heterocycles. The van der Waals surface area contributed by atoms with E-state index in [0.717, 1.165) is 29.1 Å². The predicted octanol–water partition coefficient (Wildman–Crippen LogP) is 2.98. The zero-order valence-electron chi connectivity index (χ0n) is 11.4. The van der Waals surface area contributed by atoms with Crippen molar-refractivity contribution in [3.63, 3.8) is 0 Å². The molecule has 2 rings (SSSR count). The molecule has 0 spiro atoms. The second-order valence-electron chi connectivity index (χ2n) is 4.15. The van der Waals surface area contributed by atoms with E-state index in [9.17, 15) is 0 Å². The third kappa shape index (κ3) is 2.10. The van der Waals surface area contributed by atoms with Gasteiger partial charge < -0.3 is 4.74 Å². The Morgan fingerprint density at radius 2 is 2.06 bits per heavy atom. The average molecular weight is 245 g/mol. The summed E-state index contributed by atoms with van der Waals surface area (Å²) in [5, 5.41) is 4.54. The molecule has 2 aromatic rings. The first kappa shape index (κ1) is 12.6. The molecule has 0 aromatic carbocycles. The summed E-state index contributed by atoms with van der Waals surface area (Å²) >= 11 is 0. The molecule has 0 aliphatic heterocycles. The molecule has 0 bridgehead atoms. The fourth-order valence-corrected chi connectivity index (χ4v) is 2.23. The van der Waals surface area contributed by atoms with Crippen LogP contribution in [0, 0.1) is 13.8 Å². The predicted molar refractivity (Wildman–Crippen MR) is 71.8 cm³/mol. The summed E-state index contributed by atoms with van der Waals surface area (Å²) in [7, 11) is 0. The van der Waals surface area contributed by atoms with Gasteiger partial charge in [-0.1, -0.05) is 0 Å². The Kier molecular flexibility index (Phi) is 3.65. The van der Waals surface area contributed by atoms with Gasteiger partial charge in [-0.2, -0.15) is 5.10 Å². The minimum atomic E-state index is 0.615. The second kappa shape index (κ2) is 5.21. The van der Waals surface area contributed by atoms with Crippen molar-refractivity contribution in [1.82, 2.24) is 14.8 Å². The van der Waals surface area contributed by atoms with Gasteiger partial charge in [0.1, 0.15) is 0 Å². The molecule has 0 fully saturated rings. The molecular weight excluding hydrogens is 226 g/mol. The van der Waals surface area contributed by atoms with E-state index in [0.29, 0.717) is 12.5 Å². The number of hydrogen-bond acceptors (Lipinski definition) is 3. The number of pyridine rings is 1. The first-order valence-corrected chi connectivity index (χ1v) is 6.31. The Labute approximate surface area is 108 Å². The highest BCUT2D eigenvalue weighted by atomic mass is 16.5. The van der Waals surface area contributed by atoms with Crippen LogP contribution in [0.5, 0.6) is 5.88 Å². The van der Waals surface area contributed by atoms with E-state index >= 15 is 0 Å². The van der Waals surface area contributed by atoms with Crippen molar-refractivity contribution in [3.8, 4) is 17.0 Å². The molecule has 2 heterocycles. The van der Waals surface area contributed by atoms with Gasteiger partial charge in [-0.3, -0.25) is 4.68 Å². The lowest BCUT2D eigenvalue weighted by Gasteiger charge is -2.09. The summed E-state index contributed by atoms with van der Waals surface area (Å²) in [6.07, 6.45) is 1.75. The highest BCUT2D eigenvalue weighted by molar-refractivity contribution is 5.72. The number of aryl methyl sites for hydroxylation is 2. The summed E-state index contributed by atoms with van der Waals surface area (Å²) in [5.41, 5.74) is 4.33. The molecule has 0 saturated carbocycles. The highest BCUT2D eigenvalue weighted by Crippen LogP contribution is 2.32. The minimum absolute atomic E-state index is 0.615. The van der Waals surface area contributed by atoms with E-state index in [1.165, 1.54) is 0 Å². The lowest BCUT2D eigenvalue weighted by molar-refractivity contribution is 0.328. The van der Waals surface area contributed by atoms with Crippen LogP contribution >= 0.6 is 0 Å². The molecule has 0 radical (unpaired) electrons. The van der Waals surface area contributed by atoms with Gasteiger partial charge in [0.05, 0.1) is 12.3 Å². The fourth-order valence-electron chi connectivity index (χ4n) is 2.23. The minimum Gasteiger partial charge on any atom is -0.478 e. The van der Waals surface area contributed by atoms with Crippen LogP contribution in [-0.2, 0) is 6.54 Å². The van der Waals surface area contributed by atoms with Gasteiger partial charge in [0.25, 0.3) is 0 Å². The van der Waals surface area contributed by atoms with Crippen LogP contribution in [0.3, 0.4) is 0 Å². The molecular formula is C14H19N3O. The zero-order valence-corrected chi connectivity index (χ0v) is 11.4. The Balaban J connectivity index is 2.58. The normalized spacial score (nSPS) is 10.7. The first-order valence-electron chi connectivity index (χ1n) is 6.31. The zero-order chi connectivity index (χ0) is 13.1. The summed E-state index contributed by atoms with van der Waals surface area (Å²) in [6.45, 7) is 9.66. The molecule has 0 amide bonds. The largest absolute Gasteiger partial charge is 0.478 e. The van der Waals surface area contributed by atoms with Gasteiger partial charge in [-0.05, 0) is 39.8 Å². The third-order valence-electron chi connectivity index (χ3n) is 3.00. The smallest absolute Gasteiger partial charge is 0.221 e. The molecule has 4 heteroatoms. The molecule has 0 aliphatic carbocycles. The van der Waals surface area contributed by atoms with Crippen molar-refractivity contribution in [2.24, 2.45) is 0 Å². The van der Waals surface area contributed by atoms with Gasteiger partial charge in [0.15, 0.2) is 0 Å². The van der Waals surface area contributed by atoms with Crippen LogP contribution in [0.15, 0.2) is 18.3 Å². The maximum atomic E-state index is 5.60. The number of rotatable bonds is 4. The number of hydrogen-bond donors (Lipinski definition) is 0. The Bertz CT molecular complexity index is 546. The lowest BCUT2D eigenvalue weighted by Crippen LogP contribution is -1.99. The molecule has 0 atom stereocenters. The SMILES string of the molecule is CCOc1ncccc1-c1c(C)nn(CC)c1C. The molecule has 18 heavy (non-hydrogen) atoms. The van der Waals surface area contributed by atoms with Gasteiger partial charge in [-0.25, -0.2) is 4.98 Å². The second-order valence-corrected chi connectivity index (χ2v) is 4.15. The van der Waals surface area contributed by atoms with Crippen molar-refractivity contribution in [3.05, 3.63) is 29.7 Å². The lowest BCUT2D eigenvalue weighted by atomic mass is 10.1. The Hall–Kier alpha value is -1.84. The van der Waals surface area contributed by atoms with Crippen molar-refractivity contribution in [2.75, 3.05) is 6.61 Å². The number of nitrogens with zero attached hydrogens (tertiary/aromatic N) is 3. The van der Waals surface area contributed by atoms with E-state index in [-0.39, 0.29) is 0 Å². The fraction of sp³-hybridized carbons (Fsp3) is 0.429. The van der Waals surface area contributed by atoms with Crippen LogP contribution in [-0.4, -0.2) is 21.4 Å². The van der Waals surface area contributed by atoms with Crippen LogP contribution in [0.2, 0.25) is 0 Å². The van der Waals surface area contributed by atoms with Crippen molar-refractivity contribution in [1.29, 1.82) is 0 Å². The van der Waals surface area contributed by atoms with Crippen LogP contribution in [0.1, 0.15) is 25.2 Å². The van der Waals surface area contributed by atoms with Crippen molar-refractivity contribution in [2.45, 2.75) is 34.2 Å². The molecule has 96 valence electrons. The van der Waals surface area contributed by atoms with Gasteiger partial charge in [0.2, 0.25) is 5.88 Å². The molecule has 0 aliphatic rings. The van der Waals surface area contributed by atoms with Crippen molar-refractivity contribution < 1.29 is 4.74 Å². The number of ether oxygens (including phenoxy) is 1. The quantitative estimate of drug-likeness (QED) is 0.831. The Morgan fingerprint density at radius 1 is 1.28 bits per heavy atom. The molecule has 4 nitrogen and oxygen atoms in total. The van der Waals surface area contributed by atoms with Crippen LogP contribution in [0.4, 0.5) is 0 Å². The van der Waals surface area contributed by atoms with Crippen LogP contribution in [0.25, 0.3) is 11.1 Å². The van der Waals surface area contributed by atoms with E-state index in [1.807, 2.05) is 30.7 Å². The first-order chi connectivity index (χ1) is 8.69. The monoisotopic (exact) mass is 245 g/mol. The maximum Gasteiger partial charge on any atom is 0.221 e. The van der Waals surface area contributed by atoms with Crippen LogP contribution < -0.4 is 4.74 Å². The average Bonchev–Trinajstić information content (AvgIpc) is 2.66. The van der Waals surface area contributed by atoms with Gasteiger partial charge >= 0.3 is 0 Å². The van der Waals surface area contributed by atoms with Crippen molar-refractivity contribution >= 4 is 0 Å². The number of aromatic nitrogens is 3. The van der Waals surface area contributed by atoms with Gasteiger partial charge in [-0.15, -0.1) is 0 Å². The topological polar surface area (TPSA) is 39.9 Å². The summed E-state index contributed by atoms with van der Waals surface area (Å²) < 4.78 is 7.60. The molecule has 0 saturated heterocycles. The van der Waals surface area contributed by atoms with E-state index in [1.54, 1.807) is 6.20 Å².